The molecule has 0 radical (unpaired) electrons. The lowest BCUT2D eigenvalue weighted by Crippen LogP contribution is -2.01. The highest BCUT2D eigenvalue weighted by Gasteiger charge is 2.17. The molecule has 8 heteroatoms. The van der Waals surface area contributed by atoms with Gasteiger partial charge in [-0.1, -0.05) is 11.6 Å². The molecule has 0 bridgehead atoms. The number of hydrogen-bond donors (Lipinski definition) is 1. The Morgan fingerprint density at radius 2 is 2.41 bits per heavy atom. The van der Waals surface area contributed by atoms with Crippen molar-refractivity contribution in [2.45, 2.75) is 6.54 Å². The number of anilines is 1. The highest BCUT2D eigenvalue weighted by Crippen LogP contribution is 2.25. The number of aromatic nitrogens is 2. The molecule has 2 rings (SSSR count). The molecule has 90 valence electrons. The Hall–Kier alpha value is -1.60. The highest BCUT2D eigenvalue weighted by molar-refractivity contribution is 7.16. The van der Waals surface area contributed by atoms with E-state index in [-0.39, 0.29) is 11.5 Å². The molecule has 0 aliphatic heterocycles. The van der Waals surface area contributed by atoms with Crippen LogP contribution in [0.2, 0.25) is 4.34 Å². The summed E-state index contributed by atoms with van der Waals surface area (Å²) in [5.41, 5.74) is -0.0323. The van der Waals surface area contributed by atoms with E-state index in [1.807, 2.05) is 6.07 Å². The average molecular weight is 273 g/mol. The van der Waals surface area contributed by atoms with Crippen molar-refractivity contribution in [3.8, 4) is 0 Å². The SMILES string of the molecule is Cn1cc([N+](=O)[O-])c(NCc2ccc(Cl)s2)n1. The molecule has 0 atom stereocenters. The summed E-state index contributed by atoms with van der Waals surface area (Å²) in [6.07, 6.45) is 1.36. The van der Waals surface area contributed by atoms with Gasteiger partial charge in [0.15, 0.2) is 0 Å². The predicted octanol–water partition coefficient (Wildman–Crippen LogP) is 2.66. The number of halogens is 1. The predicted molar refractivity (Wildman–Crippen MR) is 66.5 cm³/mol. The topological polar surface area (TPSA) is 73.0 Å². The van der Waals surface area contributed by atoms with E-state index in [4.69, 9.17) is 11.6 Å². The van der Waals surface area contributed by atoms with Gasteiger partial charge in [-0.3, -0.25) is 14.8 Å². The monoisotopic (exact) mass is 272 g/mol. The van der Waals surface area contributed by atoms with Crippen LogP contribution >= 0.6 is 22.9 Å². The first-order valence-corrected chi connectivity index (χ1v) is 5.92. The van der Waals surface area contributed by atoms with Crippen molar-refractivity contribution < 1.29 is 4.92 Å². The number of thiophene rings is 1. The molecule has 2 aromatic heterocycles. The molecule has 0 aromatic carbocycles. The van der Waals surface area contributed by atoms with Gasteiger partial charge in [-0.15, -0.1) is 16.4 Å². The molecule has 0 aliphatic carbocycles. The average Bonchev–Trinajstić information content (AvgIpc) is 2.82. The molecule has 0 aliphatic rings. The molecule has 0 amide bonds. The Morgan fingerprint density at radius 3 is 3.00 bits per heavy atom. The van der Waals surface area contributed by atoms with Crippen LogP contribution in [-0.4, -0.2) is 14.7 Å². The molecular weight excluding hydrogens is 264 g/mol. The van der Waals surface area contributed by atoms with Gasteiger partial charge in [-0.05, 0) is 12.1 Å². The number of nitrogens with one attached hydrogen (secondary N) is 1. The minimum atomic E-state index is -0.462. The number of rotatable bonds is 4. The molecule has 17 heavy (non-hydrogen) atoms. The van der Waals surface area contributed by atoms with Crippen LogP contribution in [0.5, 0.6) is 0 Å². The van der Waals surface area contributed by atoms with Crippen LogP contribution in [0.25, 0.3) is 0 Å². The third kappa shape index (κ3) is 2.75. The van der Waals surface area contributed by atoms with Gasteiger partial charge < -0.3 is 5.32 Å². The Bertz CT molecular complexity index is 551. The Balaban J connectivity index is 2.11. The molecule has 0 saturated carbocycles. The van der Waals surface area contributed by atoms with E-state index in [1.54, 1.807) is 13.1 Å². The molecule has 0 fully saturated rings. The minimum Gasteiger partial charge on any atom is -0.358 e. The Kier molecular flexibility index (Phi) is 3.30. The zero-order valence-electron chi connectivity index (χ0n) is 8.88. The summed E-state index contributed by atoms with van der Waals surface area (Å²) >= 11 is 7.22. The molecule has 6 nitrogen and oxygen atoms in total. The van der Waals surface area contributed by atoms with Crippen LogP contribution in [0.3, 0.4) is 0 Å². The molecule has 2 aromatic rings. The van der Waals surface area contributed by atoms with Gasteiger partial charge in [0.1, 0.15) is 6.20 Å². The fourth-order valence-electron chi connectivity index (χ4n) is 1.35. The third-order valence-electron chi connectivity index (χ3n) is 2.07. The molecule has 2 heterocycles. The number of aryl methyl sites for hydroxylation is 1. The fourth-order valence-corrected chi connectivity index (χ4v) is 2.38. The lowest BCUT2D eigenvalue weighted by Gasteiger charge is -1.99. The maximum Gasteiger partial charge on any atom is 0.330 e. The quantitative estimate of drug-likeness (QED) is 0.686. The Morgan fingerprint density at radius 1 is 1.65 bits per heavy atom. The van der Waals surface area contributed by atoms with E-state index < -0.39 is 4.92 Å². The maximum absolute atomic E-state index is 10.7. The first-order valence-electron chi connectivity index (χ1n) is 4.72. The smallest absolute Gasteiger partial charge is 0.330 e. The zero-order chi connectivity index (χ0) is 12.4. The van der Waals surface area contributed by atoms with Crippen molar-refractivity contribution in [2.75, 3.05) is 5.32 Å². The van der Waals surface area contributed by atoms with Gasteiger partial charge in [0.2, 0.25) is 5.82 Å². The van der Waals surface area contributed by atoms with Gasteiger partial charge in [0.05, 0.1) is 15.8 Å². The number of nitro groups is 1. The summed E-state index contributed by atoms with van der Waals surface area (Å²) in [5.74, 6) is 0.266. The summed E-state index contributed by atoms with van der Waals surface area (Å²) in [5, 5.41) is 17.7. The normalized spacial score (nSPS) is 10.5. The van der Waals surface area contributed by atoms with Crippen molar-refractivity contribution >= 4 is 34.4 Å². The van der Waals surface area contributed by atoms with Gasteiger partial charge in [-0.25, -0.2) is 0 Å². The van der Waals surface area contributed by atoms with Crippen LogP contribution in [-0.2, 0) is 13.6 Å². The summed E-state index contributed by atoms with van der Waals surface area (Å²) in [7, 11) is 1.64. The molecule has 0 saturated heterocycles. The molecule has 1 N–H and O–H groups in total. The highest BCUT2D eigenvalue weighted by atomic mass is 35.5. The van der Waals surface area contributed by atoms with Crippen LogP contribution in [0, 0.1) is 10.1 Å². The van der Waals surface area contributed by atoms with Crippen LogP contribution in [0.1, 0.15) is 4.88 Å². The van der Waals surface area contributed by atoms with Crippen molar-refractivity contribution in [2.24, 2.45) is 7.05 Å². The largest absolute Gasteiger partial charge is 0.358 e. The summed E-state index contributed by atoms with van der Waals surface area (Å²) in [6.45, 7) is 0.468. The van der Waals surface area contributed by atoms with E-state index in [1.165, 1.54) is 22.2 Å². The van der Waals surface area contributed by atoms with Crippen molar-refractivity contribution in [1.29, 1.82) is 0 Å². The lowest BCUT2D eigenvalue weighted by molar-refractivity contribution is -0.384. The number of hydrogen-bond acceptors (Lipinski definition) is 5. The van der Waals surface area contributed by atoms with Gasteiger partial charge in [0.25, 0.3) is 0 Å². The van der Waals surface area contributed by atoms with Crippen molar-refractivity contribution in [3.63, 3.8) is 0 Å². The van der Waals surface area contributed by atoms with E-state index in [0.29, 0.717) is 10.9 Å². The second-order valence-electron chi connectivity index (χ2n) is 3.35. The first-order chi connectivity index (χ1) is 8.06. The van der Waals surface area contributed by atoms with Crippen LogP contribution in [0.4, 0.5) is 11.5 Å². The van der Waals surface area contributed by atoms with Crippen molar-refractivity contribution in [1.82, 2.24) is 9.78 Å². The third-order valence-corrected chi connectivity index (χ3v) is 3.30. The van der Waals surface area contributed by atoms with E-state index in [2.05, 4.69) is 10.4 Å². The van der Waals surface area contributed by atoms with Crippen LogP contribution in [0.15, 0.2) is 18.3 Å². The van der Waals surface area contributed by atoms with Crippen LogP contribution < -0.4 is 5.32 Å². The summed E-state index contributed by atoms with van der Waals surface area (Å²) in [4.78, 5) is 11.3. The van der Waals surface area contributed by atoms with Crippen molar-refractivity contribution in [3.05, 3.63) is 37.7 Å². The van der Waals surface area contributed by atoms with E-state index in [0.717, 1.165) is 4.88 Å². The van der Waals surface area contributed by atoms with Gasteiger partial charge >= 0.3 is 5.69 Å². The summed E-state index contributed by atoms with van der Waals surface area (Å²) in [6, 6.07) is 3.66. The van der Waals surface area contributed by atoms with E-state index in [9.17, 15) is 10.1 Å². The zero-order valence-corrected chi connectivity index (χ0v) is 10.5. The molecule has 0 unspecified atom stereocenters. The second-order valence-corrected chi connectivity index (χ2v) is 5.15. The second kappa shape index (κ2) is 4.72. The fraction of sp³-hybridized carbons (Fsp3) is 0.222. The van der Waals surface area contributed by atoms with Gasteiger partial charge in [-0.2, -0.15) is 0 Å². The minimum absolute atomic E-state index is 0.0323. The summed E-state index contributed by atoms with van der Waals surface area (Å²) < 4.78 is 2.10. The molecule has 0 spiro atoms. The number of nitrogens with zero attached hydrogens (tertiary/aromatic N) is 3. The standard InChI is InChI=1S/C9H9ClN4O2S/c1-13-5-7(14(15)16)9(12-13)11-4-6-2-3-8(10)17-6/h2-3,5H,4H2,1H3,(H,11,12). The maximum atomic E-state index is 10.7. The lowest BCUT2D eigenvalue weighted by atomic mass is 10.4. The first kappa shape index (κ1) is 11.9. The Labute approximate surface area is 106 Å². The van der Waals surface area contributed by atoms with Gasteiger partial charge in [0, 0.05) is 11.9 Å². The molecular formula is C9H9ClN4O2S. The van der Waals surface area contributed by atoms with E-state index >= 15 is 0 Å².